The molecule has 2 atom stereocenters. The zero-order valence-corrected chi connectivity index (χ0v) is 30.6. The summed E-state index contributed by atoms with van der Waals surface area (Å²) in [6, 6.07) is 0. The smallest absolute Gasteiger partial charge is 0.0871 e. The average molecular weight is 679 g/mol. The fraction of sp³-hybridized carbons (Fsp3) is 0.793. The van der Waals surface area contributed by atoms with Crippen molar-refractivity contribution in [3.63, 3.8) is 0 Å². The van der Waals surface area contributed by atoms with Crippen LogP contribution in [-0.4, -0.2) is 88.6 Å². The number of nitrogens with zero attached hydrogens (tertiary/aromatic N) is 2. The van der Waals surface area contributed by atoms with E-state index in [4.69, 9.17) is 24.4 Å². The van der Waals surface area contributed by atoms with E-state index in [-0.39, 0.29) is 11.1 Å². The molecule has 2 fully saturated rings. The van der Waals surface area contributed by atoms with Gasteiger partial charge in [0.2, 0.25) is 0 Å². The van der Waals surface area contributed by atoms with Crippen LogP contribution in [0.1, 0.15) is 59.8 Å². The molecular weight excluding hydrogens is 633 g/mol. The van der Waals surface area contributed by atoms with E-state index in [9.17, 15) is 0 Å². The van der Waals surface area contributed by atoms with E-state index in [2.05, 4.69) is 73.2 Å². The maximum absolute atomic E-state index is 6.06. The first-order chi connectivity index (χ1) is 18.7. The topological polar surface area (TPSA) is 6.48 Å². The summed E-state index contributed by atoms with van der Waals surface area (Å²) in [5, 5.41) is 0. The largest absolute Gasteiger partial charge is 0.351 e. The Hall–Kier alpha value is 1.36. The van der Waals surface area contributed by atoms with E-state index in [1.807, 2.05) is 47.0 Å². The lowest BCUT2D eigenvalue weighted by atomic mass is 9.96. The molecule has 0 amide bonds. The van der Waals surface area contributed by atoms with Crippen LogP contribution in [0.2, 0.25) is 0 Å². The van der Waals surface area contributed by atoms with Gasteiger partial charge in [-0.2, -0.15) is 23.5 Å². The molecule has 2 nitrogen and oxygen atoms in total. The lowest BCUT2D eigenvalue weighted by molar-refractivity contribution is 0.235. The predicted molar refractivity (Wildman–Crippen MR) is 197 cm³/mol. The van der Waals surface area contributed by atoms with Gasteiger partial charge in [-0.05, 0) is 104 Å². The number of fused-ring (bicyclic) bond motifs is 2. The zero-order chi connectivity index (χ0) is 27.9. The van der Waals surface area contributed by atoms with Crippen LogP contribution in [0.3, 0.4) is 0 Å². The van der Waals surface area contributed by atoms with Crippen LogP contribution in [0.5, 0.6) is 0 Å². The first-order valence-electron chi connectivity index (χ1n) is 14.3. The van der Waals surface area contributed by atoms with Crippen LogP contribution < -0.4 is 0 Å². The van der Waals surface area contributed by atoms with Crippen molar-refractivity contribution in [2.75, 3.05) is 57.8 Å². The van der Waals surface area contributed by atoms with E-state index >= 15 is 0 Å². The lowest BCUT2D eigenvalue weighted by Gasteiger charge is -2.43. The summed E-state index contributed by atoms with van der Waals surface area (Å²) in [7, 11) is 0. The third kappa shape index (κ3) is 9.18. The lowest BCUT2D eigenvalue weighted by Crippen LogP contribution is -2.49. The second-order valence-corrected chi connectivity index (χ2v) is 19.5. The highest BCUT2D eigenvalue weighted by molar-refractivity contribution is 8.04. The van der Waals surface area contributed by atoms with Gasteiger partial charge in [0.05, 0.1) is 21.7 Å². The first kappa shape index (κ1) is 33.3. The van der Waals surface area contributed by atoms with Gasteiger partial charge in [-0.25, -0.2) is 0 Å². The summed E-state index contributed by atoms with van der Waals surface area (Å²) in [6.45, 7) is 9.63. The Morgan fingerprint density at radius 3 is 1.62 bits per heavy atom. The van der Waals surface area contributed by atoms with Gasteiger partial charge in [0.15, 0.2) is 0 Å². The SMILES string of the molecule is CC(C)(CCSCCCSCCC(C)(C)N1CSC/C=C2/SCCC2C1=S)N1CSC/C=C2/SCCC2C1=S. The highest BCUT2D eigenvalue weighted by Crippen LogP contribution is 2.42. The van der Waals surface area contributed by atoms with Crippen LogP contribution in [0.15, 0.2) is 22.0 Å². The summed E-state index contributed by atoms with van der Waals surface area (Å²) in [5.74, 6) is 12.7. The molecule has 4 heterocycles. The predicted octanol–water partition coefficient (Wildman–Crippen LogP) is 9.12. The fourth-order valence-corrected chi connectivity index (χ4v) is 14.2. The van der Waals surface area contributed by atoms with Gasteiger partial charge in [-0.15, -0.1) is 47.0 Å². The molecule has 10 heteroatoms. The van der Waals surface area contributed by atoms with E-state index in [1.54, 1.807) is 0 Å². The summed E-state index contributed by atoms with van der Waals surface area (Å²) in [4.78, 5) is 10.6. The third-order valence-corrected chi connectivity index (χ3v) is 15.5. The molecule has 39 heavy (non-hydrogen) atoms. The molecule has 4 aliphatic heterocycles. The molecule has 0 saturated carbocycles. The molecule has 4 aliphatic rings. The highest BCUT2D eigenvalue weighted by Gasteiger charge is 2.37. The minimum atomic E-state index is 0.131. The minimum Gasteiger partial charge on any atom is -0.351 e. The molecular formula is C29H46N2S8. The Balaban J connectivity index is 1.11. The van der Waals surface area contributed by atoms with Crippen molar-refractivity contribution in [3.05, 3.63) is 22.0 Å². The minimum absolute atomic E-state index is 0.131. The second-order valence-electron chi connectivity index (χ2n) is 11.8. The van der Waals surface area contributed by atoms with Crippen LogP contribution in [0, 0.1) is 11.8 Å². The molecule has 0 aromatic rings. The number of hydrogen-bond acceptors (Lipinski definition) is 8. The molecule has 0 aromatic heterocycles. The van der Waals surface area contributed by atoms with E-state index in [0.29, 0.717) is 11.8 Å². The van der Waals surface area contributed by atoms with Crippen LogP contribution >= 0.6 is 95.0 Å². The van der Waals surface area contributed by atoms with Crippen molar-refractivity contribution in [2.45, 2.75) is 70.9 Å². The van der Waals surface area contributed by atoms with Gasteiger partial charge < -0.3 is 9.80 Å². The average Bonchev–Trinajstić information content (AvgIpc) is 3.53. The van der Waals surface area contributed by atoms with E-state index in [1.165, 1.54) is 86.4 Å². The molecule has 0 N–H and O–H groups in total. The van der Waals surface area contributed by atoms with Gasteiger partial charge >= 0.3 is 0 Å². The van der Waals surface area contributed by atoms with Crippen LogP contribution in [-0.2, 0) is 0 Å². The molecule has 0 spiro atoms. The molecule has 4 rings (SSSR count). The molecule has 0 aromatic carbocycles. The second kappa shape index (κ2) is 15.9. The summed E-state index contributed by atoms with van der Waals surface area (Å²) >= 11 is 24.5. The van der Waals surface area contributed by atoms with E-state index in [0.717, 1.165) is 23.3 Å². The monoisotopic (exact) mass is 678 g/mol. The van der Waals surface area contributed by atoms with Crippen molar-refractivity contribution in [1.82, 2.24) is 9.80 Å². The number of thioether (sulfide) groups is 6. The number of rotatable bonds is 12. The van der Waals surface area contributed by atoms with Crippen molar-refractivity contribution in [2.24, 2.45) is 11.8 Å². The quantitative estimate of drug-likeness (QED) is 0.145. The highest BCUT2D eigenvalue weighted by atomic mass is 32.2. The number of thiocarbonyl (C=S) groups is 2. The summed E-state index contributed by atoms with van der Waals surface area (Å²) < 4.78 is 0. The maximum atomic E-state index is 6.06. The third-order valence-electron chi connectivity index (χ3n) is 8.17. The van der Waals surface area contributed by atoms with Crippen molar-refractivity contribution >= 4 is 105 Å². The maximum Gasteiger partial charge on any atom is 0.0871 e. The van der Waals surface area contributed by atoms with E-state index < -0.39 is 0 Å². The summed E-state index contributed by atoms with van der Waals surface area (Å²) in [5.41, 5.74) is 0.262. The zero-order valence-electron chi connectivity index (χ0n) is 24.1. The van der Waals surface area contributed by atoms with Gasteiger partial charge in [0, 0.05) is 34.4 Å². The molecule has 0 bridgehead atoms. The molecule has 220 valence electrons. The summed E-state index contributed by atoms with van der Waals surface area (Å²) in [6.07, 6.45) is 11.0. The Morgan fingerprint density at radius 1 is 0.744 bits per heavy atom. The Bertz CT molecular complexity index is 843. The van der Waals surface area contributed by atoms with Gasteiger partial charge in [0.25, 0.3) is 0 Å². The number of hydrogen-bond donors (Lipinski definition) is 0. The normalized spacial score (nSPS) is 27.6. The molecule has 2 unspecified atom stereocenters. The Kier molecular flexibility index (Phi) is 13.6. The molecule has 0 aliphatic carbocycles. The Morgan fingerprint density at radius 2 is 1.18 bits per heavy atom. The van der Waals surface area contributed by atoms with Crippen LogP contribution in [0.4, 0.5) is 0 Å². The van der Waals surface area contributed by atoms with Crippen LogP contribution in [0.25, 0.3) is 0 Å². The van der Waals surface area contributed by atoms with Crippen molar-refractivity contribution in [3.8, 4) is 0 Å². The van der Waals surface area contributed by atoms with Crippen molar-refractivity contribution in [1.29, 1.82) is 0 Å². The van der Waals surface area contributed by atoms with Crippen molar-refractivity contribution < 1.29 is 0 Å². The van der Waals surface area contributed by atoms with Gasteiger partial charge in [0.1, 0.15) is 0 Å². The fourth-order valence-electron chi connectivity index (χ4n) is 5.37. The molecule has 0 radical (unpaired) electrons. The Labute approximate surface area is 275 Å². The van der Waals surface area contributed by atoms with Gasteiger partial charge in [-0.1, -0.05) is 36.6 Å². The van der Waals surface area contributed by atoms with Gasteiger partial charge in [-0.3, -0.25) is 0 Å². The standard InChI is InChI=1S/C29H46N2S8/c1-28(2,30-20-36-14-8-24-22(26(30)32)6-16-38-24)10-18-34-12-5-13-35-19-11-29(3,4)31-21-37-15-9-25-23(27(31)33)7-17-39-25/h8-9,22-23H,5-7,10-21H2,1-4H3/b24-8+,25-9+. The first-order valence-corrected chi connectivity index (χ1v) is 21.7. The molecule has 2 saturated heterocycles.